The Morgan fingerprint density at radius 3 is 2.77 bits per heavy atom. The van der Waals surface area contributed by atoms with Gasteiger partial charge in [0.2, 0.25) is 0 Å². The Labute approximate surface area is 77.3 Å². The molecule has 0 fully saturated rings. The molecule has 0 amide bonds. The Kier molecular flexibility index (Phi) is 2.80. The van der Waals surface area contributed by atoms with Crippen LogP contribution in [0.1, 0.15) is 24.2 Å². The van der Waals surface area contributed by atoms with Gasteiger partial charge in [-0.2, -0.15) is 0 Å². The summed E-state index contributed by atoms with van der Waals surface area (Å²) >= 11 is 0. The van der Waals surface area contributed by atoms with E-state index < -0.39 is 0 Å². The van der Waals surface area contributed by atoms with Crippen LogP contribution in [0.25, 0.3) is 0 Å². The molecular formula is C10H12N2O. The van der Waals surface area contributed by atoms with Crippen LogP contribution in [0, 0.1) is 0 Å². The second-order valence-electron chi connectivity index (χ2n) is 3.02. The Morgan fingerprint density at radius 1 is 1.54 bits per heavy atom. The second kappa shape index (κ2) is 3.85. The van der Waals surface area contributed by atoms with Gasteiger partial charge in [0, 0.05) is 6.20 Å². The number of nitrogens with zero attached hydrogens (tertiary/aromatic N) is 1. The average Bonchev–Trinajstić information content (AvgIpc) is 2.03. The minimum Gasteiger partial charge on any atom is -0.383 e. The van der Waals surface area contributed by atoms with E-state index in [4.69, 9.17) is 5.73 Å². The van der Waals surface area contributed by atoms with Gasteiger partial charge in [0.1, 0.15) is 5.82 Å². The summed E-state index contributed by atoms with van der Waals surface area (Å²) in [6.07, 6.45) is 3.11. The Hall–Kier alpha value is -1.64. The van der Waals surface area contributed by atoms with Gasteiger partial charge >= 0.3 is 0 Å². The molecule has 2 N–H and O–H groups in total. The zero-order valence-electron chi connectivity index (χ0n) is 7.74. The van der Waals surface area contributed by atoms with Gasteiger partial charge in [-0.1, -0.05) is 5.57 Å². The highest BCUT2D eigenvalue weighted by molar-refractivity contribution is 6.07. The quantitative estimate of drug-likeness (QED) is 0.552. The number of carbonyl (C=O) groups is 1. The predicted octanol–water partition coefficient (Wildman–Crippen LogP) is 1.81. The van der Waals surface area contributed by atoms with Crippen LogP contribution in [0.15, 0.2) is 30.0 Å². The molecule has 0 aliphatic rings. The van der Waals surface area contributed by atoms with Gasteiger partial charge in [-0.05, 0) is 32.1 Å². The first-order valence-corrected chi connectivity index (χ1v) is 4.01. The third kappa shape index (κ3) is 2.40. The van der Waals surface area contributed by atoms with Crippen molar-refractivity contribution in [1.29, 1.82) is 0 Å². The number of nitrogen functional groups attached to an aromatic ring is 1. The van der Waals surface area contributed by atoms with E-state index >= 15 is 0 Å². The molecule has 0 unspecified atom stereocenters. The van der Waals surface area contributed by atoms with Crippen LogP contribution >= 0.6 is 0 Å². The van der Waals surface area contributed by atoms with Gasteiger partial charge in [0.25, 0.3) is 0 Å². The number of hydrogen-bond donors (Lipinski definition) is 1. The number of carbonyl (C=O) groups excluding carboxylic acids is 1. The topological polar surface area (TPSA) is 56.0 Å². The van der Waals surface area contributed by atoms with Crippen LogP contribution in [0.2, 0.25) is 0 Å². The van der Waals surface area contributed by atoms with Gasteiger partial charge < -0.3 is 5.73 Å². The molecule has 1 rings (SSSR count). The molecular weight excluding hydrogens is 164 g/mol. The lowest BCUT2D eigenvalue weighted by Crippen LogP contribution is -2.02. The zero-order chi connectivity index (χ0) is 9.84. The molecule has 1 heterocycles. The molecule has 1 aromatic heterocycles. The average molecular weight is 176 g/mol. The number of nitrogens with two attached hydrogens (primary N) is 1. The first-order chi connectivity index (χ1) is 6.11. The Bertz CT molecular complexity index is 352. The van der Waals surface area contributed by atoms with E-state index in [2.05, 4.69) is 4.98 Å². The van der Waals surface area contributed by atoms with Gasteiger partial charge in [0.15, 0.2) is 5.78 Å². The van der Waals surface area contributed by atoms with Crippen LogP contribution in [0.5, 0.6) is 0 Å². The zero-order valence-corrected chi connectivity index (χ0v) is 7.74. The molecule has 1 aromatic rings. The molecule has 0 saturated heterocycles. The second-order valence-corrected chi connectivity index (χ2v) is 3.02. The van der Waals surface area contributed by atoms with E-state index in [1.165, 1.54) is 0 Å². The van der Waals surface area contributed by atoms with Crippen LogP contribution in [0.4, 0.5) is 5.82 Å². The highest BCUT2D eigenvalue weighted by Crippen LogP contribution is 2.09. The first kappa shape index (κ1) is 9.45. The number of hydrogen-bond acceptors (Lipinski definition) is 3. The molecule has 0 spiro atoms. The largest absolute Gasteiger partial charge is 0.383 e. The van der Waals surface area contributed by atoms with E-state index in [-0.39, 0.29) is 11.6 Å². The molecule has 68 valence electrons. The molecule has 0 aliphatic heterocycles. The van der Waals surface area contributed by atoms with Crippen LogP contribution in [-0.4, -0.2) is 10.8 Å². The van der Waals surface area contributed by atoms with Crippen LogP contribution in [-0.2, 0) is 0 Å². The fraction of sp³-hybridized carbons (Fsp3) is 0.200. The Morgan fingerprint density at radius 2 is 2.23 bits per heavy atom. The van der Waals surface area contributed by atoms with Crippen molar-refractivity contribution in [2.45, 2.75) is 13.8 Å². The summed E-state index contributed by atoms with van der Waals surface area (Å²) in [6, 6.07) is 3.37. The van der Waals surface area contributed by atoms with Crippen LogP contribution < -0.4 is 5.73 Å². The summed E-state index contributed by atoms with van der Waals surface area (Å²) in [5.74, 6) is 0.190. The van der Waals surface area contributed by atoms with Gasteiger partial charge in [-0.15, -0.1) is 0 Å². The Balaban J connectivity index is 3.03. The normalized spacial score (nSPS) is 9.38. The van der Waals surface area contributed by atoms with Gasteiger partial charge in [0.05, 0.1) is 5.56 Å². The van der Waals surface area contributed by atoms with Crippen molar-refractivity contribution >= 4 is 11.6 Å². The summed E-state index contributed by atoms with van der Waals surface area (Å²) in [7, 11) is 0. The third-order valence-electron chi connectivity index (χ3n) is 1.52. The smallest absolute Gasteiger partial charge is 0.189 e. The molecule has 0 saturated carbocycles. The predicted molar refractivity (Wildman–Crippen MR) is 52.4 cm³/mol. The number of aromatic nitrogens is 1. The minimum absolute atomic E-state index is 0.0920. The maximum atomic E-state index is 11.5. The van der Waals surface area contributed by atoms with E-state index in [0.717, 1.165) is 5.57 Å². The summed E-state index contributed by atoms with van der Waals surface area (Å²) in [5.41, 5.74) is 6.95. The van der Waals surface area contributed by atoms with Crippen LogP contribution in [0.3, 0.4) is 0 Å². The van der Waals surface area contributed by atoms with E-state index in [1.807, 2.05) is 13.8 Å². The monoisotopic (exact) mass is 176 g/mol. The summed E-state index contributed by atoms with van der Waals surface area (Å²) in [6.45, 7) is 3.73. The van der Waals surface area contributed by atoms with Crippen molar-refractivity contribution in [2.75, 3.05) is 5.73 Å². The van der Waals surface area contributed by atoms with Gasteiger partial charge in [-0.3, -0.25) is 4.79 Å². The number of ketones is 1. The summed E-state index contributed by atoms with van der Waals surface area (Å²) < 4.78 is 0. The standard InChI is InChI=1S/C10H12N2O/c1-7(2)6-9(13)8-4-3-5-12-10(8)11/h3-6H,1-2H3,(H2,11,12). The number of rotatable bonds is 2. The molecule has 0 bridgehead atoms. The molecule has 0 atom stereocenters. The first-order valence-electron chi connectivity index (χ1n) is 4.01. The lowest BCUT2D eigenvalue weighted by atomic mass is 10.1. The fourth-order valence-electron chi connectivity index (χ4n) is 0.966. The minimum atomic E-state index is -0.0920. The lowest BCUT2D eigenvalue weighted by Gasteiger charge is -1.99. The van der Waals surface area contributed by atoms with Crippen molar-refractivity contribution in [3.8, 4) is 0 Å². The fourth-order valence-corrected chi connectivity index (χ4v) is 0.966. The molecule has 0 radical (unpaired) electrons. The SMILES string of the molecule is CC(C)=CC(=O)c1cccnc1N. The van der Waals surface area contributed by atoms with E-state index in [0.29, 0.717) is 5.56 Å². The molecule has 3 heteroatoms. The summed E-state index contributed by atoms with van der Waals surface area (Å²) in [4.78, 5) is 15.3. The molecule has 3 nitrogen and oxygen atoms in total. The van der Waals surface area contributed by atoms with Crippen molar-refractivity contribution < 1.29 is 4.79 Å². The van der Waals surface area contributed by atoms with E-state index in [1.54, 1.807) is 24.4 Å². The number of pyridine rings is 1. The maximum Gasteiger partial charge on any atom is 0.189 e. The number of anilines is 1. The molecule has 0 aromatic carbocycles. The number of allylic oxidation sites excluding steroid dienone is 2. The van der Waals surface area contributed by atoms with Crippen molar-refractivity contribution in [1.82, 2.24) is 4.98 Å². The van der Waals surface area contributed by atoms with E-state index in [9.17, 15) is 4.79 Å². The third-order valence-corrected chi connectivity index (χ3v) is 1.52. The van der Waals surface area contributed by atoms with Crippen molar-refractivity contribution in [2.24, 2.45) is 0 Å². The maximum absolute atomic E-state index is 11.5. The van der Waals surface area contributed by atoms with Crippen molar-refractivity contribution in [3.63, 3.8) is 0 Å². The molecule has 13 heavy (non-hydrogen) atoms. The highest BCUT2D eigenvalue weighted by Gasteiger charge is 2.06. The van der Waals surface area contributed by atoms with Crippen molar-refractivity contribution in [3.05, 3.63) is 35.5 Å². The summed E-state index contributed by atoms with van der Waals surface area (Å²) in [5, 5.41) is 0. The lowest BCUT2D eigenvalue weighted by molar-refractivity contribution is 0.104. The highest BCUT2D eigenvalue weighted by atomic mass is 16.1. The molecule has 0 aliphatic carbocycles. The van der Waals surface area contributed by atoms with Gasteiger partial charge in [-0.25, -0.2) is 4.98 Å².